The molecule has 0 atom stereocenters. The van der Waals surface area contributed by atoms with Gasteiger partial charge in [0.05, 0.1) is 26.1 Å². The zero-order chi connectivity index (χ0) is 23.0. The Balaban J connectivity index is 1.51. The second-order valence-corrected chi connectivity index (χ2v) is 7.26. The Kier molecular flexibility index (Phi) is 6.91. The van der Waals surface area contributed by atoms with Crippen molar-refractivity contribution in [3.8, 4) is 28.4 Å². The summed E-state index contributed by atoms with van der Waals surface area (Å²) in [6, 6.07) is 19.1. The third-order valence-corrected chi connectivity index (χ3v) is 4.90. The number of benzene rings is 2. The van der Waals surface area contributed by atoms with Crippen LogP contribution in [0.4, 0.5) is 5.69 Å². The number of anilines is 1. The van der Waals surface area contributed by atoms with Gasteiger partial charge in [-0.1, -0.05) is 18.2 Å². The van der Waals surface area contributed by atoms with Crippen molar-refractivity contribution in [1.29, 1.82) is 0 Å². The molecule has 2 aromatic heterocycles. The third-order valence-electron chi connectivity index (χ3n) is 4.71. The number of aromatic nitrogens is 3. The van der Waals surface area contributed by atoms with Crippen LogP contribution in [0, 0.1) is 0 Å². The van der Waals surface area contributed by atoms with E-state index in [0.717, 1.165) is 28.2 Å². The molecule has 2 heterocycles. The van der Waals surface area contributed by atoms with Crippen LogP contribution in [0.15, 0.2) is 84.4 Å². The largest absolute Gasteiger partial charge is 0.493 e. The van der Waals surface area contributed by atoms with E-state index in [4.69, 9.17) is 26.8 Å². The second kappa shape index (κ2) is 10.4. The maximum absolute atomic E-state index is 5.36. The number of hydrogen-bond acceptors (Lipinski definition) is 6. The average Bonchev–Trinajstić information content (AvgIpc) is 3.29. The Morgan fingerprint density at radius 1 is 1.03 bits per heavy atom. The first-order valence-corrected chi connectivity index (χ1v) is 10.5. The first-order chi connectivity index (χ1) is 16.2. The smallest absolute Gasteiger partial charge is 0.191 e. The third kappa shape index (κ3) is 5.34. The molecule has 0 amide bonds. The number of hydrogen-bond donors (Lipinski definition) is 2. The van der Waals surface area contributed by atoms with Crippen LogP contribution in [0.2, 0.25) is 0 Å². The molecule has 4 aromatic rings. The number of para-hydroxylation sites is 1. The second-order valence-electron chi connectivity index (χ2n) is 6.85. The number of nitrogens with one attached hydrogen (secondary N) is 2. The lowest BCUT2D eigenvalue weighted by Crippen LogP contribution is -2.23. The van der Waals surface area contributed by atoms with Crippen molar-refractivity contribution in [1.82, 2.24) is 20.2 Å². The van der Waals surface area contributed by atoms with E-state index < -0.39 is 0 Å². The highest BCUT2D eigenvalue weighted by atomic mass is 32.1. The molecule has 166 valence electrons. The van der Waals surface area contributed by atoms with Crippen molar-refractivity contribution in [3.05, 3.63) is 84.8 Å². The summed E-state index contributed by atoms with van der Waals surface area (Å²) in [6.07, 6.45) is 7.09. The Hall–Kier alpha value is -4.24. The SMILES string of the molecule is COc1ccc(NC(=S)NN=Cc2cn(-c3ccccc3)nc2-c2cccnc2)cc1OC. The number of thiocarbonyl (C=S) groups is 1. The molecule has 0 fully saturated rings. The number of hydrazone groups is 1. The molecule has 8 nitrogen and oxygen atoms in total. The Labute approximate surface area is 196 Å². The van der Waals surface area contributed by atoms with Gasteiger partial charge in [0, 0.05) is 41.5 Å². The van der Waals surface area contributed by atoms with Crippen LogP contribution < -0.4 is 20.2 Å². The predicted molar refractivity (Wildman–Crippen MR) is 133 cm³/mol. The lowest BCUT2D eigenvalue weighted by atomic mass is 10.1. The van der Waals surface area contributed by atoms with Gasteiger partial charge in [0.25, 0.3) is 0 Å². The maximum Gasteiger partial charge on any atom is 0.191 e. The van der Waals surface area contributed by atoms with Crippen LogP contribution in [-0.4, -0.2) is 40.3 Å². The highest BCUT2D eigenvalue weighted by Gasteiger charge is 2.11. The van der Waals surface area contributed by atoms with Crippen LogP contribution in [-0.2, 0) is 0 Å². The maximum atomic E-state index is 5.36. The molecule has 2 aromatic carbocycles. The Morgan fingerprint density at radius 3 is 2.58 bits per heavy atom. The fourth-order valence-corrected chi connectivity index (χ4v) is 3.33. The normalized spacial score (nSPS) is 10.7. The van der Waals surface area contributed by atoms with E-state index in [9.17, 15) is 0 Å². The van der Waals surface area contributed by atoms with E-state index in [1.165, 1.54) is 0 Å². The standard InChI is InChI=1S/C24H22N6O2S/c1-31-21-11-10-19(13-22(21)32-2)27-24(33)28-26-15-18-16-30(20-8-4-3-5-9-20)29-23(18)17-7-6-12-25-14-17/h3-16H,1-2H3,(H2,27,28,33). The first-order valence-electron chi connectivity index (χ1n) is 10.1. The minimum absolute atomic E-state index is 0.330. The van der Waals surface area contributed by atoms with Gasteiger partial charge in [0.2, 0.25) is 0 Å². The minimum Gasteiger partial charge on any atom is -0.493 e. The summed E-state index contributed by atoms with van der Waals surface area (Å²) < 4.78 is 12.4. The number of pyridine rings is 1. The minimum atomic E-state index is 0.330. The van der Waals surface area contributed by atoms with Gasteiger partial charge < -0.3 is 14.8 Å². The molecule has 0 saturated carbocycles. The topological polar surface area (TPSA) is 85.6 Å². The van der Waals surface area contributed by atoms with Gasteiger partial charge in [0.1, 0.15) is 5.69 Å². The number of nitrogens with zero attached hydrogens (tertiary/aromatic N) is 4. The van der Waals surface area contributed by atoms with E-state index in [2.05, 4.69) is 20.8 Å². The van der Waals surface area contributed by atoms with Crippen LogP contribution in [0.1, 0.15) is 5.56 Å². The van der Waals surface area contributed by atoms with Crippen LogP contribution in [0.25, 0.3) is 16.9 Å². The zero-order valence-electron chi connectivity index (χ0n) is 18.1. The summed E-state index contributed by atoms with van der Waals surface area (Å²) in [6.45, 7) is 0. The summed E-state index contributed by atoms with van der Waals surface area (Å²) in [5, 5.41) is 12.4. The number of methoxy groups -OCH3 is 2. The summed E-state index contributed by atoms with van der Waals surface area (Å²) in [7, 11) is 3.17. The summed E-state index contributed by atoms with van der Waals surface area (Å²) in [5.74, 6) is 1.24. The first kappa shape index (κ1) is 22.0. The molecular weight excluding hydrogens is 436 g/mol. The van der Waals surface area contributed by atoms with E-state index in [1.807, 2.05) is 59.4 Å². The molecular formula is C24H22N6O2S. The fraction of sp³-hybridized carbons (Fsp3) is 0.0833. The van der Waals surface area contributed by atoms with Gasteiger partial charge in [-0.15, -0.1) is 0 Å². The van der Waals surface area contributed by atoms with E-state index in [-0.39, 0.29) is 0 Å². The Bertz CT molecular complexity index is 1260. The van der Waals surface area contributed by atoms with E-state index in [0.29, 0.717) is 16.6 Å². The van der Waals surface area contributed by atoms with Crippen molar-refractivity contribution in [2.45, 2.75) is 0 Å². The lowest BCUT2D eigenvalue weighted by molar-refractivity contribution is 0.355. The van der Waals surface area contributed by atoms with Crippen molar-refractivity contribution in [3.63, 3.8) is 0 Å². The zero-order valence-corrected chi connectivity index (χ0v) is 18.9. The molecule has 4 rings (SSSR count). The van der Waals surface area contributed by atoms with Crippen molar-refractivity contribution in [2.75, 3.05) is 19.5 Å². The van der Waals surface area contributed by atoms with Gasteiger partial charge in [-0.25, -0.2) is 4.68 Å². The Morgan fingerprint density at radius 2 is 1.85 bits per heavy atom. The lowest BCUT2D eigenvalue weighted by Gasteiger charge is -2.11. The quantitative estimate of drug-likeness (QED) is 0.243. The van der Waals surface area contributed by atoms with E-state index >= 15 is 0 Å². The highest BCUT2D eigenvalue weighted by Crippen LogP contribution is 2.29. The molecule has 0 aliphatic rings. The molecule has 0 unspecified atom stereocenters. The van der Waals surface area contributed by atoms with Crippen molar-refractivity contribution < 1.29 is 9.47 Å². The van der Waals surface area contributed by atoms with Crippen molar-refractivity contribution >= 4 is 29.2 Å². The van der Waals surface area contributed by atoms with Crippen LogP contribution in [0.5, 0.6) is 11.5 Å². The molecule has 0 aliphatic heterocycles. The molecule has 33 heavy (non-hydrogen) atoms. The molecule has 0 saturated heterocycles. The molecule has 0 radical (unpaired) electrons. The summed E-state index contributed by atoms with van der Waals surface area (Å²) in [4.78, 5) is 4.21. The van der Waals surface area contributed by atoms with Gasteiger partial charge >= 0.3 is 0 Å². The fourth-order valence-electron chi connectivity index (χ4n) is 3.16. The molecule has 0 bridgehead atoms. The molecule has 9 heteroatoms. The van der Waals surface area contributed by atoms with Gasteiger partial charge in [-0.2, -0.15) is 10.2 Å². The average molecular weight is 459 g/mol. The van der Waals surface area contributed by atoms with Crippen LogP contribution >= 0.6 is 12.2 Å². The monoisotopic (exact) mass is 458 g/mol. The summed E-state index contributed by atoms with van der Waals surface area (Å²) >= 11 is 5.36. The molecule has 0 spiro atoms. The van der Waals surface area contributed by atoms with Gasteiger partial charge in [-0.05, 0) is 48.6 Å². The molecule has 0 aliphatic carbocycles. The van der Waals surface area contributed by atoms with E-state index in [1.54, 1.807) is 45.0 Å². The number of rotatable bonds is 7. The van der Waals surface area contributed by atoms with Gasteiger partial charge in [0.15, 0.2) is 16.6 Å². The highest BCUT2D eigenvalue weighted by molar-refractivity contribution is 7.80. The predicted octanol–water partition coefficient (Wildman–Crippen LogP) is 4.27. The van der Waals surface area contributed by atoms with Crippen LogP contribution in [0.3, 0.4) is 0 Å². The number of ether oxygens (including phenoxy) is 2. The van der Waals surface area contributed by atoms with Gasteiger partial charge in [-0.3, -0.25) is 10.4 Å². The molecule has 2 N–H and O–H groups in total. The van der Waals surface area contributed by atoms with Crippen molar-refractivity contribution in [2.24, 2.45) is 5.10 Å². The summed E-state index contributed by atoms with van der Waals surface area (Å²) in [5.41, 5.74) is 6.99.